The van der Waals surface area contributed by atoms with Crippen molar-refractivity contribution >= 4 is 5.69 Å². The van der Waals surface area contributed by atoms with Crippen LogP contribution in [0.3, 0.4) is 0 Å². The van der Waals surface area contributed by atoms with Crippen LogP contribution in [-0.4, -0.2) is 19.6 Å². The normalized spacial score (nSPS) is 12.8. The van der Waals surface area contributed by atoms with Crippen LogP contribution in [0.2, 0.25) is 0 Å². The number of nitrogens with two attached hydrogens (primary N) is 1. The van der Waals surface area contributed by atoms with Crippen molar-refractivity contribution in [1.82, 2.24) is 0 Å². The first-order valence-corrected chi connectivity index (χ1v) is 6.77. The van der Waals surface area contributed by atoms with Crippen LogP contribution in [0.1, 0.15) is 27.2 Å². The zero-order chi connectivity index (χ0) is 13.5. The number of benzene rings is 1. The maximum absolute atomic E-state index is 12.9. The lowest BCUT2D eigenvalue weighted by Crippen LogP contribution is -2.33. The quantitative estimate of drug-likeness (QED) is 0.807. The Morgan fingerprint density at radius 2 is 1.83 bits per heavy atom. The summed E-state index contributed by atoms with van der Waals surface area (Å²) in [7, 11) is 0. The van der Waals surface area contributed by atoms with E-state index in [9.17, 15) is 4.39 Å². The van der Waals surface area contributed by atoms with Crippen molar-refractivity contribution in [3.05, 3.63) is 30.1 Å². The minimum absolute atomic E-state index is 0.188. The van der Waals surface area contributed by atoms with E-state index in [-0.39, 0.29) is 5.82 Å². The van der Waals surface area contributed by atoms with Crippen LogP contribution >= 0.6 is 0 Å². The molecule has 0 fully saturated rings. The van der Waals surface area contributed by atoms with Crippen LogP contribution < -0.4 is 10.6 Å². The fourth-order valence-electron chi connectivity index (χ4n) is 2.29. The minimum Gasteiger partial charge on any atom is -0.371 e. The summed E-state index contributed by atoms with van der Waals surface area (Å²) in [5.74, 6) is 0.966. The second-order valence-electron chi connectivity index (χ2n) is 5.25. The van der Waals surface area contributed by atoms with Crippen LogP contribution in [0.5, 0.6) is 0 Å². The molecular weight excluding hydrogens is 227 g/mol. The molecule has 1 atom stereocenters. The van der Waals surface area contributed by atoms with Crippen LogP contribution in [0.15, 0.2) is 24.3 Å². The van der Waals surface area contributed by atoms with Gasteiger partial charge in [0.15, 0.2) is 0 Å². The van der Waals surface area contributed by atoms with E-state index >= 15 is 0 Å². The van der Waals surface area contributed by atoms with Crippen molar-refractivity contribution in [2.75, 3.05) is 24.5 Å². The average molecular weight is 252 g/mol. The molecule has 102 valence electrons. The third-order valence-corrected chi connectivity index (χ3v) is 3.19. The van der Waals surface area contributed by atoms with Crippen molar-refractivity contribution in [2.24, 2.45) is 17.6 Å². The molecule has 0 aliphatic heterocycles. The highest BCUT2D eigenvalue weighted by atomic mass is 19.1. The Morgan fingerprint density at radius 3 is 2.28 bits per heavy atom. The van der Waals surface area contributed by atoms with E-state index in [0.717, 1.165) is 25.2 Å². The molecule has 0 bridgehead atoms. The van der Waals surface area contributed by atoms with Gasteiger partial charge >= 0.3 is 0 Å². The predicted molar refractivity (Wildman–Crippen MR) is 76.3 cm³/mol. The van der Waals surface area contributed by atoms with E-state index in [0.29, 0.717) is 18.4 Å². The van der Waals surface area contributed by atoms with Gasteiger partial charge in [0.05, 0.1) is 0 Å². The fraction of sp³-hybridized carbons (Fsp3) is 0.600. The second kappa shape index (κ2) is 7.37. The van der Waals surface area contributed by atoms with Gasteiger partial charge in [-0.3, -0.25) is 0 Å². The monoisotopic (exact) mass is 252 g/mol. The summed E-state index contributed by atoms with van der Waals surface area (Å²) in [6.07, 6.45) is 1.13. The first kappa shape index (κ1) is 15.0. The van der Waals surface area contributed by atoms with Gasteiger partial charge in [0.25, 0.3) is 0 Å². The lowest BCUT2D eigenvalue weighted by Gasteiger charge is -2.28. The number of rotatable bonds is 7. The molecule has 2 N–H and O–H groups in total. The molecule has 0 radical (unpaired) electrons. The summed E-state index contributed by atoms with van der Waals surface area (Å²) >= 11 is 0. The summed E-state index contributed by atoms with van der Waals surface area (Å²) in [4.78, 5) is 2.26. The molecule has 0 saturated heterocycles. The number of anilines is 1. The van der Waals surface area contributed by atoms with E-state index in [1.165, 1.54) is 12.1 Å². The number of hydrogen-bond donors (Lipinski definition) is 1. The van der Waals surface area contributed by atoms with Gasteiger partial charge in [-0.1, -0.05) is 13.8 Å². The number of nitrogens with zero attached hydrogens (tertiary/aromatic N) is 1. The van der Waals surface area contributed by atoms with Crippen molar-refractivity contribution in [3.63, 3.8) is 0 Å². The van der Waals surface area contributed by atoms with Crippen molar-refractivity contribution in [1.29, 1.82) is 0 Å². The van der Waals surface area contributed by atoms with Gasteiger partial charge in [-0.05, 0) is 56.0 Å². The maximum atomic E-state index is 12.9. The molecule has 18 heavy (non-hydrogen) atoms. The Morgan fingerprint density at radius 1 is 1.22 bits per heavy atom. The molecule has 1 aromatic carbocycles. The summed E-state index contributed by atoms with van der Waals surface area (Å²) < 4.78 is 12.9. The standard InChI is InChI=1S/C15H25FN2/c1-4-18(11-13(10-17)9-12(2)3)15-7-5-14(16)6-8-15/h5-8,12-13H,4,9-11,17H2,1-3H3. The van der Waals surface area contributed by atoms with E-state index < -0.39 is 0 Å². The van der Waals surface area contributed by atoms with E-state index in [1.54, 1.807) is 0 Å². The Labute approximate surface area is 110 Å². The lowest BCUT2D eigenvalue weighted by atomic mass is 9.96. The smallest absolute Gasteiger partial charge is 0.123 e. The maximum Gasteiger partial charge on any atom is 0.123 e. The summed E-state index contributed by atoms with van der Waals surface area (Å²) in [6, 6.07) is 6.69. The molecule has 1 unspecified atom stereocenters. The zero-order valence-corrected chi connectivity index (χ0v) is 11.7. The lowest BCUT2D eigenvalue weighted by molar-refractivity contribution is 0.415. The molecule has 0 aromatic heterocycles. The minimum atomic E-state index is -0.188. The van der Waals surface area contributed by atoms with Gasteiger partial charge in [0.1, 0.15) is 5.82 Å². The van der Waals surface area contributed by atoms with E-state index in [4.69, 9.17) is 5.73 Å². The SMILES string of the molecule is CCN(CC(CN)CC(C)C)c1ccc(F)cc1. The van der Waals surface area contributed by atoms with Crippen LogP contribution in [0.4, 0.5) is 10.1 Å². The first-order valence-electron chi connectivity index (χ1n) is 6.77. The molecule has 3 heteroatoms. The molecule has 0 spiro atoms. The zero-order valence-electron chi connectivity index (χ0n) is 11.7. The van der Waals surface area contributed by atoms with Crippen molar-refractivity contribution < 1.29 is 4.39 Å². The molecular formula is C15H25FN2. The Kier molecular flexibility index (Phi) is 6.13. The van der Waals surface area contributed by atoms with E-state index in [2.05, 4.69) is 25.7 Å². The Bertz CT molecular complexity index is 335. The highest BCUT2D eigenvalue weighted by molar-refractivity contribution is 5.46. The van der Waals surface area contributed by atoms with Gasteiger partial charge in [-0.2, -0.15) is 0 Å². The van der Waals surface area contributed by atoms with Gasteiger partial charge in [-0.25, -0.2) is 4.39 Å². The Balaban J connectivity index is 2.68. The van der Waals surface area contributed by atoms with Crippen LogP contribution in [0.25, 0.3) is 0 Å². The van der Waals surface area contributed by atoms with Crippen molar-refractivity contribution in [2.45, 2.75) is 27.2 Å². The molecule has 0 aliphatic carbocycles. The Hall–Kier alpha value is -1.09. The third-order valence-electron chi connectivity index (χ3n) is 3.19. The topological polar surface area (TPSA) is 29.3 Å². The molecule has 0 heterocycles. The van der Waals surface area contributed by atoms with Crippen LogP contribution in [-0.2, 0) is 0 Å². The van der Waals surface area contributed by atoms with Gasteiger partial charge < -0.3 is 10.6 Å². The van der Waals surface area contributed by atoms with Crippen molar-refractivity contribution in [3.8, 4) is 0 Å². The summed E-state index contributed by atoms with van der Waals surface area (Å²) in [5, 5.41) is 0. The number of halogens is 1. The van der Waals surface area contributed by atoms with Gasteiger partial charge in [-0.15, -0.1) is 0 Å². The molecule has 0 amide bonds. The molecule has 0 saturated carbocycles. The van der Waals surface area contributed by atoms with Gasteiger partial charge in [0.2, 0.25) is 0 Å². The fourth-order valence-corrected chi connectivity index (χ4v) is 2.29. The number of hydrogen-bond acceptors (Lipinski definition) is 2. The molecule has 1 aromatic rings. The average Bonchev–Trinajstić information content (AvgIpc) is 2.35. The van der Waals surface area contributed by atoms with E-state index in [1.807, 2.05) is 12.1 Å². The molecule has 0 aliphatic rings. The van der Waals surface area contributed by atoms with Crippen LogP contribution in [0, 0.1) is 17.7 Å². The highest BCUT2D eigenvalue weighted by Crippen LogP contribution is 2.19. The second-order valence-corrected chi connectivity index (χ2v) is 5.25. The molecule has 1 rings (SSSR count). The first-order chi connectivity index (χ1) is 8.56. The third kappa shape index (κ3) is 4.65. The highest BCUT2D eigenvalue weighted by Gasteiger charge is 2.14. The summed E-state index contributed by atoms with van der Waals surface area (Å²) in [5.41, 5.74) is 6.91. The molecule has 2 nitrogen and oxygen atoms in total. The van der Waals surface area contributed by atoms with Gasteiger partial charge in [0, 0.05) is 18.8 Å². The predicted octanol–water partition coefficient (Wildman–Crippen LogP) is 3.27. The summed E-state index contributed by atoms with van der Waals surface area (Å²) in [6.45, 7) is 9.12. The largest absolute Gasteiger partial charge is 0.371 e.